The highest BCUT2D eigenvalue weighted by Crippen LogP contribution is 2.33. The van der Waals surface area contributed by atoms with Crippen LogP contribution in [0.4, 0.5) is 19.0 Å². The molecule has 0 unspecified atom stereocenters. The van der Waals surface area contributed by atoms with E-state index in [4.69, 9.17) is 0 Å². The van der Waals surface area contributed by atoms with Gasteiger partial charge in [-0.15, -0.1) is 0 Å². The van der Waals surface area contributed by atoms with E-state index < -0.39 is 18.6 Å². The van der Waals surface area contributed by atoms with Gasteiger partial charge in [-0.25, -0.2) is 23.1 Å². The van der Waals surface area contributed by atoms with E-state index in [0.29, 0.717) is 5.82 Å². The second-order valence-electron chi connectivity index (χ2n) is 7.51. The van der Waals surface area contributed by atoms with E-state index in [1.807, 2.05) is 49.0 Å². The zero-order valence-electron chi connectivity index (χ0n) is 16.3. The highest BCUT2D eigenvalue weighted by Gasteiger charge is 2.46. The first-order valence-electron chi connectivity index (χ1n) is 9.29. The standard InChI is InChI=1S/C21H22F3N5/c1-13(21(24)11-29(12-21)10-19(22)23)27-20-7-17-6-15(4-5-16(17)8-26-20)18-9-25-14(2)28(18)3/h4-9,19H,1,10-12H2,2-3H3,(H,26,27). The predicted molar refractivity (Wildman–Crippen MR) is 108 cm³/mol. The Kier molecular flexibility index (Phi) is 4.82. The van der Waals surface area contributed by atoms with Crippen LogP contribution in [-0.2, 0) is 7.05 Å². The Morgan fingerprint density at radius 1 is 1.21 bits per heavy atom. The zero-order valence-corrected chi connectivity index (χ0v) is 16.3. The number of rotatable bonds is 6. The number of likely N-dealkylation sites (tertiary alicyclic amines) is 1. The van der Waals surface area contributed by atoms with Gasteiger partial charge >= 0.3 is 0 Å². The molecule has 3 heterocycles. The summed E-state index contributed by atoms with van der Waals surface area (Å²) in [6.45, 7) is 5.09. The molecule has 0 spiro atoms. The van der Waals surface area contributed by atoms with Crippen molar-refractivity contribution in [2.45, 2.75) is 19.0 Å². The number of aryl methyl sites for hydroxylation is 1. The number of pyridine rings is 1. The summed E-state index contributed by atoms with van der Waals surface area (Å²) in [4.78, 5) is 10.0. The van der Waals surface area contributed by atoms with Gasteiger partial charge in [-0.3, -0.25) is 4.90 Å². The third-order valence-corrected chi connectivity index (χ3v) is 5.40. The van der Waals surface area contributed by atoms with Gasteiger partial charge in [0.1, 0.15) is 11.6 Å². The molecular weight excluding hydrogens is 379 g/mol. The number of nitrogens with zero attached hydrogens (tertiary/aromatic N) is 4. The van der Waals surface area contributed by atoms with E-state index in [2.05, 4.69) is 21.9 Å². The number of hydrogen-bond acceptors (Lipinski definition) is 4. The Balaban J connectivity index is 1.53. The highest BCUT2D eigenvalue weighted by molar-refractivity contribution is 5.88. The summed E-state index contributed by atoms with van der Waals surface area (Å²) in [5.41, 5.74) is 0.407. The van der Waals surface area contributed by atoms with Gasteiger partial charge < -0.3 is 9.88 Å². The molecule has 0 amide bonds. The van der Waals surface area contributed by atoms with Crippen molar-refractivity contribution in [3.8, 4) is 11.3 Å². The minimum atomic E-state index is -2.47. The van der Waals surface area contributed by atoms with Crippen LogP contribution in [0.15, 0.2) is 48.9 Å². The smallest absolute Gasteiger partial charge is 0.251 e. The Morgan fingerprint density at radius 2 is 1.97 bits per heavy atom. The van der Waals surface area contributed by atoms with E-state index >= 15 is 0 Å². The van der Waals surface area contributed by atoms with Gasteiger partial charge in [-0.05, 0) is 24.4 Å². The van der Waals surface area contributed by atoms with Gasteiger partial charge in [-0.2, -0.15) is 0 Å². The van der Waals surface area contributed by atoms with Crippen molar-refractivity contribution < 1.29 is 13.2 Å². The average molecular weight is 401 g/mol. The predicted octanol–water partition coefficient (Wildman–Crippen LogP) is 4.16. The van der Waals surface area contributed by atoms with Gasteiger partial charge in [0.15, 0.2) is 5.67 Å². The molecule has 5 nitrogen and oxygen atoms in total. The lowest BCUT2D eigenvalue weighted by Crippen LogP contribution is -2.61. The summed E-state index contributed by atoms with van der Waals surface area (Å²) in [6, 6.07) is 7.84. The van der Waals surface area contributed by atoms with Crippen molar-refractivity contribution in [2.75, 3.05) is 25.0 Å². The SMILES string of the molecule is C=C(Nc1cc2cc(-c3cnc(C)n3C)ccc2cn1)C1(F)CN(CC(F)F)C1. The van der Waals surface area contributed by atoms with Crippen LogP contribution in [0.25, 0.3) is 22.0 Å². The normalized spacial score (nSPS) is 16.2. The summed E-state index contributed by atoms with van der Waals surface area (Å²) >= 11 is 0. The summed E-state index contributed by atoms with van der Waals surface area (Å²) < 4.78 is 41.7. The second kappa shape index (κ2) is 7.18. The number of alkyl halides is 3. The number of halogens is 3. The molecule has 1 saturated heterocycles. The number of hydrogen-bond donors (Lipinski definition) is 1. The maximum Gasteiger partial charge on any atom is 0.251 e. The topological polar surface area (TPSA) is 46.0 Å². The third-order valence-electron chi connectivity index (χ3n) is 5.40. The van der Waals surface area contributed by atoms with Crippen molar-refractivity contribution in [1.29, 1.82) is 0 Å². The monoisotopic (exact) mass is 401 g/mol. The van der Waals surface area contributed by atoms with E-state index in [9.17, 15) is 13.2 Å². The van der Waals surface area contributed by atoms with Crippen molar-refractivity contribution in [3.63, 3.8) is 0 Å². The number of aromatic nitrogens is 3. The van der Waals surface area contributed by atoms with Crippen LogP contribution in [0.5, 0.6) is 0 Å². The molecule has 0 aliphatic carbocycles. The van der Waals surface area contributed by atoms with Crippen LogP contribution in [0.2, 0.25) is 0 Å². The van der Waals surface area contributed by atoms with Crippen LogP contribution in [0.1, 0.15) is 5.82 Å². The fourth-order valence-corrected chi connectivity index (χ4v) is 3.58. The molecule has 3 aromatic rings. The van der Waals surface area contributed by atoms with E-state index in [1.165, 1.54) is 4.90 Å². The Hall–Kier alpha value is -2.87. The van der Waals surface area contributed by atoms with Crippen LogP contribution >= 0.6 is 0 Å². The first-order chi connectivity index (χ1) is 13.7. The highest BCUT2D eigenvalue weighted by atomic mass is 19.3. The molecule has 0 saturated carbocycles. The molecule has 8 heteroatoms. The molecule has 2 aromatic heterocycles. The quantitative estimate of drug-likeness (QED) is 0.674. The molecule has 1 aliphatic rings. The first kappa shape index (κ1) is 19.4. The number of benzene rings is 1. The summed E-state index contributed by atoms with van der Waals surface area (Å²) in [7, 11) is 1.96. The maximum absolute atomic E-state index is 14.8. The van der Waals surface area contributed by atoms with Crippen LogP contribution in [-0.4, -0.2) is 51.2 Å². The Bertz CT molecular complexity index is 1070. The molecule has 152 valence electrons. The van der Waals surface area contributed by atoms with Crippen LogP contribution < -0.4 is 5.32 Å². The number of fused-ring (bicyclic) bond motifs is 1. The number of anilines is 1. The molecule has 0 bridgehead atoms. The molecule has 1 aromatic carbocycles. The maximum atomic E-state index is 14.8. The summed E-state index contributed by atoms with van der Waals surface area (Å²) in [5.74, 6) is 1.38. The second-order valence-corrected chi connectivity index (χ2v) is 7.51. The molecule has 1 fully saturated rings. The lowest BCUT2D eigenvalue weighted by atomic mass is 9.93. The molecule has 0 radical (unpaired) electrons. The average Bonchev–Trinajstić information content (AvgIpc) is 2.98. The minimum absolute atomic E-state index is 0.0965. The molecule has 1 aliphatic heterocycles. The summed E-state index contributed by atoms with van der Waals surface area (Å²) in [6.07, 6.45) is 1.06. The summed E-state index contributed by atoms with van der Waals surface area (Å²) in [5, 5.41) is 4.80. The van der Waals surface area contributed by atoms with Gasteiger partial charge in [0.05, 0.1) is 18.4 Å². The number of imidazole rings is 1. The molecule has 29 heavy (non-hydrogen) atoms. The van der Waals surface area contributed by atoms with Crippen LogP contribution in [0, 0.1) is 6.92 Å². The lowest BCUT2D eigenvalue weighted by molar-refractivity contribution is -0.0349. The van der Waals surface area contributed by atoms with Gasteiger partial charge in [-0.1, -0.05) is 18.7 Å². The van der Waals surface area contributed by atoms with Crippen LogP contribution in [0.3, 0.4) is 0 Å². The van der Waals surface area contributed by atoms with E-state index in [1.54, 1.807) is 6.20 Å². The fraction of sp³-hybridized carbons (Fsp3) is 0.333. The molecular formula is C21H22F3N5. The Labute approximate surface area is 166 Å². The minimum Gasteiger partial charge on any atom is -0.341 e. The van der Waals surface area contributed by atoms with Gasteiger partial charge in [0.25, 0.3) is 6.43 Å². The largest absolute Gasteiger partial charge is 0.341 e. The van der Waals surface area contributed by atoms with Gasteiger partial charge in [0.2, 0.25) is 0 Å². The van der Waals surface area contributed by atoms with E-state index in [0.717, 1.165) is 27.9 Å². The molecule has 0 atom stereocenters. The van der Waals surface area contributed by atoms with Crippen molar-refractivity contribution in [3.05, 3.63) is 54.8 Å². The van der Waals surface area contributed by atoms with E-state index in [-0.39, 0.29) is 18.8 Å². The number of nitrogens with one attached hydrogen (secondary N) is 1. The van der Waals surface area contributed by atoms with Gasteiger partial charge in [0, 0.05) is 43.0 Å². The van der Waals surface area contributed by atoms with Crippen molar-refractivity contribution in [1.82, 2.24) is 19.4 Å². The molecule has 4 rings (SSSR count). The lowest BCUT2D eigenvalue weighted by Gasteiger charge is -2.45. The zero-order chi connectivity index (χ0) is 20.8. The first-order valence-corrected chi connectivity index (χ1v) is 9.29. The van der Waals surface area contributed by atoms with Crippen molar-refractivity contribution in [2.24, 2.45) is 7.05 Å². The fourth-order valence-electron chi connectivity index (χ4n) is 3.58. The Morgan fingerprint density at radius 3 is 2.62 bits per heavy atom. The molecule has 1 N–H and O–H groups in total. The van der Waals surface area contributed by atoms with Crippen molar-refractivity contribution >= 4 is 16.6 Å². The third kappa shape index (κ3) is 3.72.